The SMILES string of the molecule is Brc1ccc(OCCNC2COc3ccccc32)cc1. The Morgan fingerprint density at radius 1 is 1.15 bits per heavy atom. The van der Waals surface area contributed by atoms with E-state index in [1.807, 2.05) is 42.5 Å². The van der Waals surface area contributed by atoms with Gasteiger partial charge in [-0.2, -0.15) is 0 Å². The lowest BCUT2D eigenvalue weighted by Crippen LogP contribution is -2.27. The summed E-state index contributed by atoms with van der Waals surface area (Å²) in [5, 5.41) is 3.46. The van der Waals surface area contributed by atoms with Crippen LogP contribution in [0.2, 0.25) is 0 Å². The van der Waals surface area contributed by atoms with Crippen LogP contribution < -0.4 is 14.8 Å². The summed E-state index contributed by atoms with van der Waals surface area (Å²) in [4.78, 5) is 0. The zero-order valence-corrected chi connectivity index (χ0v) is 12.6. The predicted molar refractivity (Wildman–Crippen MR) is 82.3 cm³/mol. The van der Waals surface area contributed by atoms with Crippen molar-refractivity contribution in [3.63, 3.8) is 0 Å². The number of nitrogens with one attached hydrogen (secondary N) is 1. The maximum Gasteiger partial charge on any atom is 0.124 e. The van der Waals surface area contributed by atoms with Crippen LogP contribution in [0.1, 0.15) is 11.6 Å². The van der Waals surface area contributed by atoms with Crippen molar-refractivity contribution in [3.05, 3.63) is 58.6 Å². The predicted octanol–water partition coefficient (Wildman–Crippen LogP) is 3.55. The molecule has 0 spiro atoms. The van der Waals surface area contributed by atoms with Crippen molar-refractivity contribution in [3.8, 4) is 11.5 Å². The first-order valence-electron chi connectivity index (χ1n) is 6.66. The summed E-state index contributed by atoms with van der Waals surface area (Å²) < 4.78 is 12.4. The van der Waals surface area contributed by atoms with E-state index in [1.165, 1.54) is 5.56 Å². The van der Waals surface area contributed by atoms with Gasteiger partial charge in [0.15, 0.2) is 0 Å². The first-order valence-corrected chi connectivity index (χ1v) is 7.46. The number of ether oxygens (including phenoxy) is 2. The summed E-state index contributed by atoms with van der Waals surface area (Å²) in [6.45, 7) is 2.12. The van der Waals surface area contributed by atoms with E-state index in [0.717, 1.165) is 22.5 Å². The molecular formula is C16H16BrNO2. The van der Waals surface area contributed by atoms with Gasteiger partial charge in [-0.05, 0) is 30.3 Å². The van der Waals surface area contributed by atoms with Crippen molar-refractivity contribution in [2.75, 3.05) is 19.8 Å². The van der Waals surface area contributed by atoms with Crippen molar-refractivity contribution in [2.24, 2.45) is 0 Å². The monoisotopic (exact) mass is 333 g/mol. The second-order valence-electron chi connectivity index (χ2n) is 4.66. The lowest BCUT2D eigenvalue weighted by atomic mass is 10.1. The Bertz CT molecular complexity index is 571. The lowest BCUT2D eigenvalue weighted by Gasteiger charge is -2.12. The van der Waals surface area contributed by atoms with Gasteiger partial charge in [-0.15, -0.1) is 0 Å². The maximum atomic E-state index is 5.68. The zero-order valence-electron chi connectivity index (χ0n) is 11.0. The molecule has 0 saturated carbocycles. The number of hydrogen-bond acceptors (Lipinski definition) is 3. The van der Waals surface area contributed by atoms with Gasteiger partial charge < -0.3 is 14.8 Å². The Kier molecular flexibility index (Phi) is 4.23. The van der Waals surface area contributed by atoms with Gasteiger partial charge in [0, 0.05) is 16.6 Å². The topological polar surface area (TPSA) is 30.5 Å². The van der Waals surface area contributed by atoms with Crippen LogP contribution in [-0.4, -0.2) is 19.8 Å². The first kappa shape index (κ1) is 13.5. The molecule has 20 heavy (non-hydrogen) atoms. The second-order valence-corrected chi connectivity index (χ2v) is 5.57. The molecule has 0 fully saturated rings. The lowest BCUT2D eigenvalue weighted by molar-refractivity contribution is 0.280. The van der Waals surface area contributed by atoms with Gasteiger partial charge in [0.25, 0.3) is 0 Å². The Morgan fingerprint density at radius 3 is 2.80 bits per heavy atom. The van der Waals surface area contributed by atoms with E-state index < -0.39 is 0 Å². The van der Waals surface area contributed by atoms with Gasteiger partial charge in [-0.3, -0.25) is 0 Å². The number of benzene rings is 2. The van der Waals surface area contributed by atoms with Crippen LogP contribution in [-0.2, 0) is 0 Å². The third-order valence-corrected chi connectivity index (χ3v) is 3.80. The molecule has 104 valence electrons. The van der Waals surface area contributed by atoms with E-state index in [9.17, 15) is 0 Å². The van der Waals surface area contributed by atoms with Crippen molar-refractivity contribution in [1.82, 2.24) is 5.32 Å². The molecule has 0 saturated heterocycles. The van der Waals surface area contributed by atoms with E-state index in [-0.39, 0.29) is 6.04 Å². The summed E-state index contributed by atoms with van der Waals surface area (Å²) >= 11 is 3.41. The molecule has 1 heterocycles. The standard InChI is InChI=1S/C16H16BrNO2/c17-12-5-7-13(8-6-12)19-10-9-18-15-11-20-16-4-2-1-3-14(15)16/h1-8,15,18H,9-11H2. The second kappa shape index (κ2) is 6.29. The van der Waals surface area contributed by atoms with Crippen molar-refractivity contribution >= 4 is 15.9 Å². The summed E-state index contributed by atoms with van der Waals surface area (Å²) in [5.41, 5.74) is 1.23. The molecule has 3 nitrogen and oxygen atoms in total. The Hall–Kier alpha value is -1.52. The molecule has 1 unspecified atom stereocenters. The van der Waals surface area contributed by atoms with Crippen LogP contribution in [0, 0.1) is 0 Å². The van der Waals surface area contributed by atoms with Gasteiger partial charge in [0.05, 0.1) is 6.04 Å². The molecule has 1 aliphatic heterocycles. The van der Waals surface area contributed by atoms with Crippen LogP contribution in [0.15, 0.2) is 53.0 Å². The van der Waals surface area contributed by atoms with Crippen molar-refractivity contribution in [2.45, 2.75) is 6.04 Å². The molecular weight excluding hydrogens is 318 g/mol. The quantitative estimate of drug-likeness (QED) is 0.849. The maximum absolute atomic E-state index is 5.68. The van der Waals surface area contributed by atoms with E-state index in [0.29, 0.717) is 13.2 Å². The highest BCUT2D eigenvalue weighted by molar-refractivity contribution is 9.10. The van der Waals surface area contributed by atoms with Gasteiger partial charge in [-0.1, -0.05) is 34.1 Å². The summed E-state index contributed by atoms with van der Waals surface area (Å²) in [5.74, 6) is 1.87. The van der Waals surface area contributed by atoms with Gasteiger partial charge in [0.2, 0.25) is 0 Å². The molecule has 0 bridgehead atoms. The highest BCUT2D eigenvalue weighted by Gasteiger charge is 2.22. The normalized spacial score (nSPS) is 16.6. The van der Waals surface area contributed by atoms with Crippen LogP contribution in [0.5, 0.6) is 11.5 Å². The number of halogens is 1. The minimum Gasteiger partial charge on any atom is -0.492 e. The highest BCUT2D eigenvalue weighted by atomic mass is 79.9. The summed E-state index contributed by atoms with van der Waals surface area (Å²) in [6.07, 6.45) is 0. The molecule has 0 amide bonds. The fraction of sp³-hybridized carbons (Fsp3) is 0.250. The molecule has 0 aromatic heterocycles. The Morgan fingerprint density at radius 2 is 1.95 bits per heavy atom. The largest absolute Gasteiger partial charge is 0.492 e. The first-order chi connectivity index (χ1) is 9.83. The summed E-state index contributed by atoms with van der Waals surface area (Å²) in [6, 6.07) is 16.3. The molecule has 4 heteroatoms. The van der Waals surface area contributed by atoms with Crippen LogP contribution in [0.3, 0.4) is 0 Å². The van der Waals surface area contributed by atoms with E-state index in [1.54, 1.807) is 0 Å². The van der Waals surface area contributed by atoms with Crippen LogP contribution >= 0.6 is 15.9 Å². The smallest absolute Gasteiger partial charge is 0.124 e. The Labute approximate surface area is 127 Å². The minimum atomic E-state index is 0.264. The Balaban J connectivity index is 1.46. The van der Waals surface area contributed by atoms with Crippen molar-refractivity contribution in [1.29, 1.82) is 0 Å². The van der Waals surface area contributed by atoms with Gasteiger partial charge >= 0.3 is 0 Å². The van der Waals surface area contributed by atoms with Crippen LogP contribution in [0.25, 0.3) is 0 Å². The minimum absolute atomic E-state index is 0.264. The molecule has 1 N–H and O–H groups in total. The third kappa shape index (κ3) is 3.14. The average molecular weight is 334 g/mol. The molecule has 0 aliphatic carbocycles. The highest BCUT2D eigenvalue weighted by Crippen LogP contribution is 2.31. The number of para-hydroxylation sites is 1. The number of hydrogen-bond donors (Lipinski definition) is 1. The van der Waals surface area contributed by atoms with E-state index >= 15 is 0 Å². The third-order valence-electron chi connectivity index (χ3n) is 3.28. The average Bonchev–Trinajstić information content (AvgIpc) is 2.89. The fourth-order valence-corrected chi connectivity index (χ4v) is 2.53. The zero-order chi connectivity index (χ0) is 13.8. The number of rotatable bonds is 5. The fourth-order valence-electron chi connectivity index (χ4n) is 2.26. The molecule has 0 radical (unpaired) electrons. The molecule has 3 rings (SSSR count). The van der Waals surface area contributed by atoms with E-state index in [2.05, 4.69) is 27.3 Å². The molecule has 1 aliphatic rings. The van der Waals surface area contributed by atoms with Gasteiger partial charge in [0.1, 0.15) is 24.7 Å². The summed E-state index contributed by atoms with van der Waals surface area (Å²) in [7, 11) is 0. The van der Waals surface area contributed by atoms with Crippen molar-refractivity contribution < 1.29 is 9.47 Å². The molecule has 1 atom stereocenters. The van der Waals surface area contributed by atoms with Crippen LogP contribution in [0.4, 0.5) is 0 Å². The number of fused-ring (bicyclic) bond motifs is 1. The van der Waals surface area contributed by atoms with E-state index in [4.69, 9.17) is 9.47 Å². The molecule has 2 aromatic carbocycles. The molecule has 2 aromatic rings. The van der Waals surface area contributed by atoms with Gasteiger partial charge in [-0.25, -0.2) is 0 Å².